The number of benzene rings is 1. The van der Waals surface area contributed by atoms with Crippen LogP contribution in [0.3, 0.4) is 0 Å². The largest absolute Gasteiger partial charge is 0.292 e. The molecule has 6 heteroatoms. The van der Waals surface area contributed by atoms with Gasteiger partial charge in [-0.15, -0.1) is 0 Å². The highest BCUT2D eigenvalue weighted by Gasteiger charge is 2.26. The predicted molar refractivity (Wildman–Crippen MR) is 79.5 cm³/mol. The molecule has 1 aromatic carbocycles. The van der Waals surface area contributed by atoms with Crippen LogP contribution in [0.15, 0.2) is 23.2 Å². The van der Waals surface area contributed by atoms with Crippen molar-refractivity contribution >= 4 is 46.5 Å². The summed E-state index contributed by atoms with van der Waals surface area (Å²) in [5.41, 5.74) is 1.04. The molecule has 19 heavy (non-hydrogen) atoms. The van der Waals surface area contributed by atoms with Crippen molar-refractivity contribution in [1.82, 2.24) is 0 Å². The molecule has 2 rings (SSSR count). The number of nitriles is 1. The van der Waals surface area contributed by atoms with Gasteiger partial charge in [0.05, 0.1) is 16.1 Å². The van der Waals surface area contributed by atoms with Crippen LogP contribution < -0.4 is 0 Å². The van der Waals surface area contributed by atoms with E-state index in [-0.39, 0.29) is 5.78 Å². The highest BCUT2D eigenvalue weighted by molar-refractivity contribution is 8.00. The summed E-state index contributed by atoms with van der Waals surface area (Å²) >= 11 is 13.4. The molecule has 3 nitrogen and oxygen atoms in total. The third kappa shape index (κ3) is 3.30. The Bertz CT molecular complexity index is 580. The number of rotatable bonds is 3. The van der Waals surface area contributed by atoms with Gasteiger partial charge in [0.2, 0.25) is 0 Å². The first-order valence-corrected chi connectivity index (χ1v) is 7.54. The van der Waals surface area contributed by atoms with E-state index in [4.69, 9.17) is 23.2 Å². The summed E-state index contributed by atoms with van der Waals surface area (Å²) in [5.74, 6) is 0.459. The molecule has 0 N–H and O–H groups in total. The number of carbonyl (C=O) groups is 1. The van der Waals surface area contributed by atoms with Crippen molar-refractivity contribution in [1.29, 1.82) is 5.26 Å². The number of hydrogen-bond acceptors (Lipinski definition) is 4. The Hall–Kier alpha value is -1.02. The zero-order valence-corrected chi connectivity index (χ0v) is 12.2. The lowest BCUT2D eigenvalue weighted by Crippen LogP contribution is -2.27. The number of ketones is 1. The Labute approximate surface area is 125 Å². The number of aliphatic imine (C=N–C) groups is 1. The molecule has 0 radical (unpaired) electrons. The van der Waals surface area contributed by atoms with E-state index in [1.54, 1.807) is 23.9 Å². The maximum atomic E-state index is 12.3. The molecule has 1 unspecified atom stereocenters. The fourth-order valence-corrected chi connectivity index (χ4v) is 2.88. The molecule has 0 amide bonds. The lowest BCUT2D eigenvalue weighted by atomic mass is 9.95. The van der Waals surface area contributed by atoms with E-state index in [2.05, 4.69) is 4.99 Å². The Morgan fingerprint density at radius 3 is 2.79 bits per heavy atom. The maximum absolute atomic E-state index is 12.3. The molecule has 0 spiro atoms. The lowest BCUT2D eigenvalue weighted by Gasteiger charge is -2.15. The van der Waals surface area contributed by atoms with Crippen molar-refractivity contribution in [3.05, 3.63) is 33.8 Å². The van der Waals surface area contributed by atoms with Crippen molar-refractivity contribution in [2.75, 3.05) is 18.1 Å². The molecular formula is C13H10Cl2N2OS. The van der Waals surface area contributed by atoms with Crippen molar-refractivity contribution in [3.63, 3.8) is 0 Å². The minimum absolute atomic E-state index is 0.276. The van der Waals surface area contributed by atoms with Gasteiger partial charge in [-0.05, 0) is 18.2 Å². The van der Waals surface area contributed by atoms with Gasteiger partial charge < -0.3 is 0 Å². The van der Waals surface area contributed by atoms with Gasteiger partial charge >= 0.3 is 0 Å². The minimum atomic E-state index is -0.829. The van der Waals surface area contributed by atoms with E-state index in [0.717, 1.165) is 5.75 Å². The summed E-state index contributed by atoms with van der Waals surface area (Å²) in [6.45, 7) is 0.660. The second kappa shape index (κ2) is 6.42. The fourth-order valence-electron chi connectivity index (χ4n) is 1.75. The minimum Gasteiger partial charge on any atom is -0.292 e. The van der Waals surface area contributed by atoms with Crippen LogP contribution in [0.1, 0.15) is 10.4 Å². The summed E-state index contributed by atoms with van der Waals surface area (Å²) < 4.78 is 0. The van der Waals surface area contributed by atoms with Gasteiger partial charge in [0, 0.05) is 29.3 Å². The van der Waals surface area contributed by atoms with Gasteiger partial charge in [-0.1, -0.05) is 23.2 Å². The molecule has 0 bridgehead atoms. The van der Waals surface area contributed by atoms with Crippen LogP contribution in [0.25, 0.3) is 0 Å². The van der Waals surface area contributed by atoms with Crippen LogP contribution in [0, 0.1) is 17.2 Å². The number of Topliss-reactive ketones (excluding diaryl/α,β-unsaturated/α-hetero) is 1. The second-order valence-corrected chi connectivity index (χ2v) is 5.90. The van der Waals surface area contributed by atoms with Crippen LogP contribution in [0.5, 0.6) is 0 Å². The van der Waals surface area contributed by atoms with E-state index >= 15 is 0 Å². The maximum Gasteiger partial charge on any atom is 0.185 e. The monoisotopic (exact) mass is 312 g/mol. The molecule has 0 aliphatic carbocycles. The van der Waals surface area contributed by atoms with Gasteiger partial charge in [0.15, 0.2) is 5.78 Å². The van der Waals surface area contributed by atoms with Crippen LogP contribution in [-0.4, -0.2) is 29.5 Å². The van der Waals surface area contributed by atoms with Crippen molar-refractivity contribution in [2.24, 2.45) is 10.9 Å². The third-order valence-electron chi connectivity index (χ3n) is 2.73. The quantitative estimate of drug-likeness (QED) is 0.803. The average Bonchev–Trinajstić information content (AvgIpc) is 2.44. The molecule has 0 saturated carbocycles. The molecule has 0 fully saturated rings. The normalized spacial score (nSPS) is 16.4. The van der Waals surface area contributed by atoms with Gasteiger partial charge in [0.25, 0.3) is 0 Å². The smallest absolute Gasteiger partial charge is 0.185 e. The Morgan fingerprint density at radius 1 is 1.42 bits per heavy atom. The summed E-state index contributed by atoms with van der Waals surface area (Å²) in [7, 11) is 0. The zero-order chi connectivity index (χ0) is 13.8. The second-order valence-electron chi connectivity index (χ2n) is 3.98. The first kappa shape index (κ1) is 14.4. The predicted octanol–water partition coefficient (Wildman–Crippen LogP) is 3.50. The molecule has 1 aromatic rings. The number of hydrogen-bond donors (Lipinski definition) is 0. The Morgan fingerprint density at radius 2 is 2.21 bits per heavy atom. The van der Waals surface area contributed by atoms with Crippen LogP contribution in [-0.2, 0) is 0 Å². The van der Waals surface area contributed by atoms with Crippen molar-refractivity contribution in [3.8, 4) is 6.07 Å². The molecule has 0 saturated heterocycles. The van der Waals surface area contributed by atoms with E-state index in [1.165, 1.54) is 6.07 Å². The molecule has 1 heterocycles. The van der Waals surface area contributed by atoms with Crippen LogP contribution in [0.2, 0.25) is 10.0 Å². The van der Waals surface area contributed by atoms with Gasteiger partial charge in [-0.2, -0.15) is 17.0 Å². The highest BCUT2D eigenvalue weighted by atomic mass is 35.5. The summed E-state index contributed by atoms with van der Waals surface area (Å²) in [6, 6.07) is 6.67. The molecule has 1 atom stereocenters. The number of thioether (sulfide) groups is 1. The molecule has 1 aliphatic heterocycles. The van der Waals surface area contributed by atoms with Crippen LogP contribution >= 0.6 is 35.0 Å². The highest BCUT2D eigenvalue weighted by Crippen LogP contribution is 2.25. The summed E-state index contributed by atoms with van der Waals surface area (Å²) in [5, 5.41) is 9.91. The molecule has 98 valence electrons. The third-order valence-corrected chi connectivity index (χ3v) is 4.44. The van der Waals surface area contributed by atoms with E-state index in [1.807, 2.05) is 6.07 Å². The van der Waals surface area contributed by atoms with E-state index in [9.17, 15) is 10.1 Å². The number of halogens is 2. The van der Waals surface area contributed by atoms with E-state index < -0.39 is 5.92 Å². The molecule has 0 aromatic heterocycles. The first-order valence-electron chi connectivity index (χ1n) is 5.63. The van der Waals surface area contributed by atoms with Crippen molar-refractivity contribution < 1.29 is 4.79 Å². The average molecular weight is 313 g/mol. The molecule has 1 aliphatic rings. The lowest BCUT2D eigenvalue weighted by molar-refractivity contribution is 0.0975. The standard InChI is InChI=1S/C13H10Cl2N2OS/c14-10-2-1-8(5-11(10)15)13(18)9(6-16)12-7-19-4-3-17-12/h1-2,5,9H,3-4,7H2. The fraction of sp³-hybridized carbons (Fsp3) is 0.308. The summed E-state index contributed by atoms with van der Waals surface area (Å²) in [4.78, 5) is 16.6. The number of carbonyl (C=O) groups excluding carboxylic acids is 1. The Kier molecular flexibility index (Phi) is 4.87. The summed E-state index contributed by atoms with van der Waals surface area (Å²) in [6.07, 6.45) is 0. The zero-order valence-electron chi connectivity index (χ0n) is 9.90. The first-order chi connectivity index (χ1) is 9.13. The SMILES string of the molecule is N#CC(C(=O)c1ccc(Cl)c(Cl)c1)C1=NCCSC1. The van der Waals surface area contributed by atoms with Gasteiger partial charge in [0.1, 0.15) is 5.92 Å². The van der Waals surface area contributed by atoms with Crippen LogP contribution in [0.4, 0.5) is 0 Å². The van der Waals surface area contributed by atoms with Gasteiger partial charge in [-0.25, -0.2) is 0 Å². The topological polar surface area (TPSA) is 53.2 Å². The van der Waals surface area contributed by atoms with Crippen molar-refractivity contribution in [2.45, 2.75) is 0 Å². The molecular weight excluding hydrogens is 303 g/mol. The number of nitrogens with zero attached hydrogens (tertiary/aromatic N) is 2. The Balaban J connectivity index is 2.28. The van der Waals surface area contributed by atoms with E-state index in [0.29, 0.717) is 33.6 Å². The van der Waals surface area contributed by atoms with Gasteiger partial charge in [-0.3, -0.25) is 9.79 Å².